The van der Waals surface area contributed by atoms with Crippen LogP contribution in [0.4, 0.5) is 14.5 Å². The maximum Gasteiger partial charge on any atom is 0.239 e. The first kappa shape index (κ1) is 16.2. The summed E-state index contributed by atoms with van der Waals surface area (Å²) in [5, 5.41) is 5.79. The van der Waals surface area contributed by atoms with E-state index in [1.54, 1.807) is 12.1 Å². The van der Waals surface area contributed by atoms with Crippen molar-refractivity contribution in [3.8, 4) is 0 Å². The average Bonchev–Trinajstić information content (AvgIpc) is 2.49. The molecule has 0 aliphatic carbocycles. The summed E-state index contributed by atoms with van der Waals surface area (Å²) in [6.07, 6.45) is 0.650. The number of anilines is 1. The largest absolute Gasteiger partial charge is 0.371 e. The molecule has 0 radical (unpaired) electrons. The van der Waals surface area contributed by atoms with Gasteiger partial charge in [0.05, 0.1) is 6.54 Å². The van der Waals surface area contributed by atoms with Crippen molar-refractivity contribution in [1.82, 2.24) is 5.32 Å². The zero-order chi connectivity index (χ0) is 15.9. The quantitative estimate of drug-likeness (QED) is 0.855. The Bertz CT molecular complexity index is 627. The number of amides is 1. The molecule has 22 heavy (non-hydrogen) atoms. The Morgan fingerprint density at radius 3 is 2.32 bits per heavy atom. The van der Waals surface area contributed by atoms with Crippen molar-refractivity contribution < 1.29 is 13.6 Å². The molecule has 0 fully saturated rings. The second-order valence-corrected chi connectivity index (χ2v) is 5.11. The molecule has 0 aliphatic heterocycles. The predicted octanol–water partition coefficient (Wildman–Crippen LogP) is 3.39. The molecule has 2 rings (SSSR count). The number of para-hydroxylation sites is 1. The minimum atomic E-state index is -0.728. The monoisotopic (exact) mass is 324 g/mol. The smallest absolute Gasteiger partial charge is 0.239 e. The second kappa shape index (κ2) is 7.75. The number of benzene rings is 2. The third-order valence-electron chi connectivity index (χ3n) is 3.04. The van der Waals surface area contributed by atoms with Crippen LogP contribution in [0, 0.1) is 11.6 Å². The number of halogens is 3. The zero-order valence-corrected chi connectivity index (χ0v) is 12.5. The SMILES string of the molecule is O=C(CNc1c(F)cccc1F)NCCc1ccc(Cl)cc1. The fourth-order valence-electron chi connectivity index (χ4n) is 1.90. The molecule has 0 aromatic heterocycles. The van der Waals surface area contributed by atoms with Gasteiger partial charge in [-0.05, 0) is 36.2 Å². The lowest BCUT2D eigenvalue weighted by molar-refractivity contribution is -0.119. The first-order chi connectivity index (χ1) is 10.6. The van der Waals surface area contributed by atoms with E-state index in [2.05, 4.69) is 10.6 Å². The Kier molecular flexibility index (Phi) is 5.72. The number of hydrogen-bond acceptors (Lipinski definition) is 2. The molecule has 0 saturated carbocycles. The minimum absolute atomic E-state index is 0.196. The van der Waals surface area contributed by atoms with Gasteiger partial charge in [-0.1, -0.05) is 29.8 Å². The Morgan fingerprint density at radius 2 is 1.68 bits per heavy atom. The van der Waals surface area contributed by atoms with Crippen molar-refractivity contribution >= 4 is 23.2 Å². The Balaban J connectivity index is 1.75. The third-order valence-corrected chi connectivity index (χ3v) is 3.29. The highest BCUT2D eigenvalue weighted by molar-refractivity contribution is 6.30. The van der Waals surface area contributed by atoms with Crippen molar-refractivity contribution in [1.29, 1.82) is 0 Å². The number of hydrogen-bond donors (Lipinski definition) is 2. The molecule has 2 N–H and O–H groups in total. The highest BCUT2D eigenvalue weighted by atomic mass is 35.5. The molecule has 0 aliphatic rings. The van der Waals surface area contributed by atoms with E-state index < -0.39 is 11.6 Å². The summed E-state index contributed by atoms with van der Waals surface area (Å²) in [6, 6.07) is 10.8. The fourth-order valence-corrected chi connectivity index (χ4v) is 2.02. The van der Waals surface area contributed by atoms with Crippen molar-refractivity contribution in [2.24, 2.45) is 0 Å². The molecule has 2 aromatic carbocycles. The van der Waals surface area contributed by atoms with Crippen LogP contribution in [0.25, 0.3) is 0 Å². The Morgan fingerprint density at radius 1 is 1.05 bits per heavy atom. The third kappa shape index (κ3) is 4.70. The van der Waals surface area contributed by atoms with Gasteiger partial charge in [-0.15, -0.1) is 0 Å². The molecule has 6 heteroatoms. The summed E-state index contributed by atoms with van der Waals surface area (Å²) in [4.78, 5) is 11.6. The molecule has 1 amide bonds. The summed E-state index contributed by atoms with van der Waals surface area (Å²) in [5.74, 6) is -1.79. The van der Waals surface area contributed by atoms with Gasteiger partial charge >= 0.3 is 0 Å². The number of nitrogens with one attached hydrogen (secondary N) is 2. The topological polar surface area (TPSA) is 41.1 Å². The summed E-state index contributed by atoms with van der Waals surface area (Å²) in [5.41, 5.74) is 0.744. The predicted molar refractivity (Wildman–Crippen MR) is 83.0 cm³/mol. The van der Waals surface area contributed by atoms with E-state index >= 15 is 0 Å². The molecular formula is C16H15ClF2N2O. The summed E-state index contributed by atoms with van der Waals surface area (Å²) in [7, 11) is 0. The van der Waals surface area contributed by atoms with E-state index in [4.69, 9.17) is 11.6 Å². The lowest BCUT2D eigenvalue weighted by atomic mass is 10.1. The lowest BCUT2D eigenvalue weighted by Gasteiger charge is -2.09. The van der Waals surface area contributed by atoms with Gasteiger partial charge in [-0.2, -0.15) is 0 Å². The van der Waals surface area contributed by atoms with Gasteiger partial charge in [-0.25, -0.2) is 8.78 Å². The second-order valence-electron chi connectivity index (χ2n) is 4.68. The first-order valence-corrected chi connectivity index (χ1v) is 7.13. The van der Waals surface area contributed by atoms with E-state index in [0.29, 0.717) is 18.0 Å². The van der Waals surface area contributed by atoms with Gasteiger partial charge in [0.1, 0.15) is 17.3 Å². The number of rotatable bonds is 6. The van der Waals surface area contributed by atoms with Crippen LogP contribution < -0.4 is 10.6 Å². The minimum Gasteiger partial charge on any atom is -0.371 e. The van der Waals surface area contributed by atoms with Crippen LogP contribution in [0.2, 0.25) is 5.02 Å². The van der Waals surface area contributed by atoms with E-state index in [0.717, 1.165) is 17.7 Å². The molecule has 0 bridgehead atoms. The molecule has 0 unspecified atom stereocenters. The van der Waals surface area contributed by atoms with Crippen LogP contribution in [0.5, 0.6) is 0 Å². The number of carbonyl (C=O) groups excluding carboxylic acids is 1. The van der Waals surface area contributed by atoms with E-state index in [-0.39, 0.29) is 18.1 Å². The molecular weight excluding hydrogens is 310 g/mol. The van der Waals surface area contributed by atoms with Gasteiger partial charge in [0.15, 0.2) is 0 Å². The van der Waals surface area contributed by atoms with Gasteiger partial charge < -0.3 is 10.6 Å². The zero-order valence-electron chi connectivity index (χ0n) is 11.7. The first-order valence-electron chi connectivity index (χ1n) is 6.75. The molecule has 0 heterocycles. The molecule has 116 valence electrons. The summed E-state index contributed by atoms with van der Waals surface area (Å²) in [6.45, 7) is 0.236. The fraction of sp³-hybridized carbons (Fsp3) is 0.188. The average molecular weight is 325 g/mol. The highest BCUT2D eigenvalue weighted by Gasteiger charge is 2.09. The molecule has 0 saturated heterocycles. The number of carbonyl (C=O) groups is 1. The van der Waals surface area contributed by atoms with Crippen molar-refractivity contribution in [3.63, 3.8) is 0 Å². The van der Waals surface area contributed by atoms with E-state index in [9.17, 15) is 13.6 Å². The lowest BCUT2D eigenvalue weighted by Crippen LogP contribution is -2.31. The van der Waals surface area contributed by atoms with Crippen molar-refractivity contribution in [2.75, 3.05) is 18.4 Å². The maximum absolute atomic E-state index is 13.4. The van der Waals surface area contributed by atoms with Crippen LogP contribution in [-0.4, -0.2) is 19.0 Å². The molecule has 0 atom stereocenters. The van der Waals surface area contributed by atoms with E-state index in [1.165, 1.54) is 6.07 Å². The van der Waals surface area contributed by atoms with E-state index in [1.807, 2.05) is 12.1 Å². The maximum atomic E-state index is 13.4. The summed E-state index contributed by atoms with van der Waals surface area (Å²) < 4.78 is 26.7. The van der Waals surface area contributed by atoms with Gasteiger partial charge in [0.2, 0.25) is 5.91 Å². The molecule has 3 nitrogen and oxygen atoms in total. The van der Waals surface area contributed by atoms with Gasteiger partial charge in [-0.3, -0.25) is 4.79 Å². The summed E-state index contributed by atoms with van der Waals surface area (Å²) >= 11 is 5.78. The molecule has 2 aromatic rings. The van der Waals surface area contributed by atoms with Crippen LogP contribution in [0.15, 0.2) is 42.5 Å². The van der Waals surface area contributed by atoms with Crippen LogP contribution in [-0.2, 0) is 11.2 Å². The van der Waals surface area contributed by atoms with Crippen LogP contribution in [0.3, 0.4) is 0 Å². The Labute approximate surface area is 132 Å². The van der Waals surface area contributed by atoms with Crippen LogP contribution in [0.1, 0.15) is 5.56 Å². The standard InChI is InChI=1S/C16H15ClF2N2O/c17-12-6-4-11(5-7-12)8-9-20-15(22)10-21-16-13(18)2-1-3-14(16)19/h1-7,21H,8-10H2,(H,20,22). The van der Waals surface area contributed by atoms with Gasteiger partial charge in [0, 0.05) is 11.6 Å². The van der Waals surface area contributed by atoms with Crippen molar-refractivity contribution in [3.05, 3.63) is 64.7 Å². The highest BCUT2D eigenvalue weighted by Crippen LogP contribution is 2.17. The van der Waals surface area contributed by atoms with Gasteiger partial charge in [0.25, 0.3) is 0 Å². The molecule has 0 spiro atoms. The van der Waals surface area contributed by atoms with Crippen LogP contribution >= 0.6 is 11.6 Å². The normalized spacial score (nSPS) is 10.3. The Hall–Kier alpha value is -2.14. The van der Waals surface area contributed by atoms with Crippen molar-refractivity contribution in [2.45, 2.75) is 6.42 Å².